The molecule has 0 heterocycles. The minimum absolute atomic E-state index is 0.238. The fourth-order valence-corrected chi connectivity index (χ4v) is 2.91. The lowest BCUT2D eigenvalue weighted by Crippen LogP contribution is -2.24. The van der Waals surface area contributed by atoms with Gasteiger partial charge in [-0.3, -0.25) is 4.79 Å². The summed E-state index contributed by atoms with van der Waals surface area (Å²) >= 11 is 0. The third-order valence-electron chi connectivity index (χ3n) is 1.55. The third-order valence-corrected chi connectivity index (χ3v) is 4.85. The van der Waals surface area contributed by atoms with Gasteiger partial charge >= 0.3 is 0 Å². The normalized spacial score (nSPS) is 10.4. The molecule has 0 saturated heterocycles. The number of hydrogen-bond donors (Lipinski definition) is 1. The summed E-state index contributed by atoms with van der Waals surface area (Å²) in [7, 11) is 5.33. The molecule has 4 heteroatoms. The van der Waals surface area contributed by atoms with Gasteiger partial charge in [0.2, 0.25) is 0 Å². The van der Waals surface area contributed by atoms with Crippen molar-refractivity contribution in [1.29, 1.82) is 0 Å². The molecule has 0 rings (SSSR count). The summed E-state index contributed by atoms with van der Waals surface area (Å²) in [6.07, 6.45) is 0. The van der Waals surface area contributed by atoms with Gasteiger partial charge in [0.1, 0.15) is 5.78 Å². The van der Waals surface area contributed by atoms with Gasteiger partial charge in [-0.2, -0.15) is 0 Å². The molecule has 0 aromatic heterocycles. The molecule has 2 nitrogen and oxygen atoms in total. The first kappa shape index (κ1) is 16.7. The molecule has 0 aromatic rings. The van der Waals surface area contributed by atoms with Crippen LogP contribution in [0.2, 0.25) is 0 Å². The average molecular weight is 237 g/mol. The summed E-state index contributed by atoms with van der Waals surface area (Å²) in [5.74, 6) is 1.28. The standard InChI is InChI=1S/C8H17NOS2.C2H6/c1-7(10)8(2,3)12-11-6-5-9-4;1-2/h9H,5-6H2,1-4H3;1-2H3. The van der Waals surface area contributed by atoms with E-state index in [0.717, 1.165) is 12.3 Å². The monoisotopic (exact) mass is 237 g/mol. The van der Waals surface area contributed by atoms with Crippen molar-refractivity contribution >= 4 is 27.4 Å². The molecule has 1 N–H and O–H groups in total. The van der Waals surface area contributed by atoms with Crippen molar-refractivity contribution in [3.8, 4) is 0 Å². The number of carbonyl (C=O) groups excluding carboxylic acids is 1. The quantitative estimate of drug-likeness (QED) is 0.568. The van der Waals surface area contributed by atoms with E-state index in [9.17, 15) is 4.79 Å². The van der Waals surface area contributed by atoms with E-state index < -0.39 is 0 Å². The first-order chi connectivity index (χ1) is 6.50. The highest BCUT2D eigenvalue weighted by atomic mass is 33.1. The predicted octanol–water partition coefficient (Wildman–Crippen LogP) is 2.98. The molecular formula is C10H23NOS2. The van der Waals surface area contributed by atoms with E-state index in [2.05, 4.69) is 5.32 Å². The molecule has 0 amide bonds. The zero-order valence-electron chi connectivity index (χ0n) is 10.1. The maximum absolute atomic E-state index is 11.1. The van der Waals surface area contributed by atoms with Crippen molar-refractivity contribution in [3.63, 3.8) is 0 Å². The molecule has 0 atom stereocenters. The second-order valence-electron chi connectivity index (χ2n) is 3.08. The topological polar surface area (TPSA) is 29.1 Å². The minimum Gasteiger partial charge on any atom is -0.319 e. The van der Waals surface area contributed by atoms with Gasteiger partial charge in [0.05, 0.1) is 4.75 Å². The molecule has 0 aliphatic carbocycles. The Morgan fingerprint density at radius 1 is 1.36 bits per heavy atom. The maximum Gasteiger partial charge on any atom is 0.146 e. The summed E-state index contributed by atoms with van der Waals surface area (Å²) in [6.45, 7) is 10.6. The highest BCUT2D eigenvalue weighted by Gasteiger charge is 2.24. The van der Waals surface area contributed by atoms with Crippen LogP contribution in [0.4, 0.5) is 0 Å². The molecule has 14 heavy (non-hydrogen) atoms. The van der Waals surface area contributed by atoms with Gasteiger partial charge in [-0.25, -0.2) is 0 Å². The van der Waals surface area contributed by atoms with Crippen molar-refractivity contribution in [2.75, 3.05) is 19.3 Å². The Labute approximate surface area is 96.4 Å². The first-order valence-corrected chi connectivity index (χ1v) is 7.29. The minimum atomic E-state index is -0.238. The van der Waals surface area contributed by atoms with E-state index in [1.807, 2.05) is 34.7 Å². The van der Waals surface area contributed by atoms with E-state index in [-0.39, 0.29) is 10.5 Å². The van der Waals surface area contributed by atoms with Crippen LogP contribution in [0.3, 0.4) is 0 Å². The first-order valence-electron chi connectivity index (χ1n) is 4.97. The second-order valence-corrected chi connectivity index (χ2v) is 6.11. The molecule has 0 aliphatic heterocycles. The second kappa shape index (κ2) is 9.87. The zero-order valence-corrected chi connectivity index (χ0v) is 11.8. The Balaban J connectivity index is 0. The van der Waals surface area contributed by atoms with Crippen LogP contribution in [0.1, 0.15) is 34.6 Å². The van der Waals surface area contributed by atoms with Gasteiger partial charge in [0.15, 0.2) is 0 Å². The van der Waals surface area contributed by atoms with Crippen LogP contribution >= 0.6 is 21.6 Å². The van der Waals surface area contributed by atoms with Gasteiger partial charge in [0.25, 0.3) is 0 Å². The van der Waals surface area contributed by atoms with E-state index in [0.29, 0.717) is 0 Å². The van der Waals surface area contributed by atoms with Gasteiger partial charge in [-0.1, -0.05) is 35.4 Å². The highest BCUT2D eigenvalue weighted by molar-refractivity contribution is 8.77. The van der Waals surface area contributed by atoms with Crippen LogP contribution in [0, 0.1) is 0 Å². The van der Waals surface area contributed by atoms with Crippen LogP contribution in [0.25, 0.3) is 0 Å². The molecule has 0 spiro atoms. The molecule has 0 unspecified atom stereocenters. The lowest BCUT2D eigenvalue weighted by molar-refractivity contribution is -0.118. The molecule has 0 bridgehead atoms. The van der Waals surface area contributed by atoms with Crippen LogP contribution < -0.4 is 5.32 Å². The summed E-state index contributed by atoms with van der Waals surface area (Å²) in [6, 6.07) is 0. The molecule has 0 saturated carbocycles. The number of rotatable bonds is 6. The Hall–Kier alpha value is 0.330. The fourth-order valence-electron chi connectivity index (χ4n) is 0.391. The van der Waals surface area contributed by atoms with Crippen molar-refractivity contribution in [1.82, 2.24) is 5.32 Å². The zero-order chi connectivity index (χ0) is 11.6. The fraction of sp³-hybridized carbons (Fsp3) is 0.900. The predicted molar refractivity (Wildman–Crippen MR) is 70.1 cm³/mol. The largest absolute Gasteiger partial charge is 0.319 e. The smallest absolute Gasteiger partial charge is 0.146 e. The van der Waals surface area contributed by atoms with Crippen molar-refractivity contribution < 1.29 is 4.79 Å². The van der Waals surface area contributed by atoms with Gasteiger partial charge in [-0.15, -0.1) is 0 Å². The Morgan fingerprint density at radius 2 is 1.86 bits per heavy atom. The van der Waals surface area contributed by atoms with Crippen LogP contribution in [-0.4, -0.2) is 29.9 Å². The molecule has 0 fully saturated rings. The molecule has 0 aliphatic rings. The van der Waals surface area contributed by atoms with E-state index in [1.54, 1.807) is 28.5 Å². The SMILES string of the molecule is CC.CNCCSSC(C)(C)C(C)=O. The Morgan fingerprint density at radius 3 is 2.21 bits per heavy atom. The van der Waals surface area contributed by atoms with Gasteiger partial charge < -0.3 is 5.32 Å². The van der Waals surface area contributed by atoms with Crippen molar-refractivity contribution in [2.24, 2.45) is 0 Å². The summed E-state index contributed by atoms with van der Waals surface area (Å²) < 4.78 is -0.238. The number of Topliss-reactive ketones (excluding diaryl/α,β-unsaturated/α-hetero) is 1. The maximum atomic E-state index is 11.1. The average Bonchev–Trinajstić information content (AvgIpc) is 2.15. The highest BCUT2D eigenvalue weighted by Crippen LogP contribution is 2.35. The van der Waals surface area contributed by atoms with Gasteiger partial charge in [0, 0.05) is 12.3 Å². The van der Waals surface area contributed by atoms with E-state index >= 15 is 0 Å². The molecular weight excluding hydrogens is 214 g/mol. The van der Waals surface area contributed by atoms with Crippen LogP contribution in [-0.2, 0) is 4.79 Å². The molecule has 86 valence electrons. The van der Waals surface area contributed by atoms with Crippen molar-refractivity contribution in [3.05, 3.63) is 0 Å². The Kier molecular flexibility index (Phi) is 11.8. The number of nitrogens with one attached hydrogen (secondary N) is 1. The number of carbonyl (C=O) groups is 1. The van der Waals surface area contributed by atoms with E-state index in [4.69, 9.17) is 0 Å². The van der Waals surface area contributed by atoms with Crippen LogP contribution in [0.15, 0.2) is 0 Å². The summed E-state index contributed by atoms with van der Waals surface area (Å²) in [5, 5.41) is 3.06. The third kappa shape index (κ3) is 8.91. The number of hydrogen-bond acceptors (Lipinski definition) is 4. The molecule has 0 radical (unpaired) electrons. The summed E-state index contributed by atoms with van der Waals surface area (Å²) in [5.41, 5.74) is 0. The lowest BCUT2D eigenvalue weighted by Gasteiger charge is -2.18. The van der Waals surface area contributed by atoms with Crippen LogP contribution in [0.5, 0.6) is 0 Å². The summed E-state index contributed by atoms with van der Waals surface area (Å²) in [4.78, 5) is 11.1. The van der Waals surface area contributed by atoms with Gasteiger partial charge in [-0.05, 0) is 27.8 Å². The lowest BCUT2D eigenvalue weighted by atomic mass is 10.1. The Bertz CT molecular complexity index is 149. The van der Waals surface area contributed by atoms with Crippen molar-refractivity contribution in [2.45, 2.75) is 39.4 Å². The molecule has 0 aromatic carbocycles. The van der Waals surface area contributed by atoms with E-state index in [1.165, 1.54) is 0 Å². The number of ketones is 1.